The van der Waals surface area contributed by atoms with Crippen LogP contribution in [0, 0.1) is 6.92 Å². The molecule has 4 rings (SSSR count). The predicted molar refractivity (Wildman–Crippen MR) is 125 cm³/mol. The molecule has 2 amide bonds. The topological polar surface area (TPSA) is 74.0 Å². The Morgan fingerprint density at radius 1 is 1.00 bits per heavy atom. The zero-order valence-corrected chi connectivity index (χ0v) is 18.3. The molecule has 0 aliphatic carbocycles. The third-order valence-electron chi connectivity index (χ3n) is 5.48. The number of carbonyl (C=O) groups excluding carboxylic acids is 2. The van der Waals surface area contributed by atoms with Crippen molar-refractivity contribution in [1.82, 2.24) is 15.6 Å². The number of para-hydroxylation sites is 1. The van der Waals surface area contributed by atoms with Crippen LogP contribution in [0.2, 0.25) is 0 Å². The third kappa shape index (κ3) is 4.70. The van der Waals surface area contributed by atoms with Gasteiger partial charge in [0.15, 0.2) is 0 Å². The lowest BCUT2D eigenvalue weighted by Crippen LogP contribution is -2.48. The largest absolute Gasteiger partial charge is 0.361 e. The minimum absolute atomic E-state index is 0.169. The molecule has 5 nitrogen and oxygen atoms in total. The maximum atomic E-state index is 13.3. The lowest BCUT2D eigenvalue weighted by atomic mass is 10.0. The highest BCUT2D eigenvalue weighted by molar-refractivity contribution is 7.12. The van der Waals surface area contributed by atoms with Crippen LogP contribution in [0.25, 0.3) is 10.9 Å². The molecule has 3 N–H and O–H groups in total. The Morgan fingerprint density at radius 3 is 2.55 bits per heavy atom. The van der Waals surface area contributed by atoms with Crippen molar-refractivity contribution in [2.24, 2.45) is 0 Å². The lowest BCUT2D eigenvalue weighted by Gasteiger charge is -2.22. The van der Waals surface area contributed by atoms with Crippen LogP contribution < -0.4 is 10.6 Å². The van der Waals surface area contributed by atoms with Gasteiger partial charge in [-0.15, -0.1) is 11.3 Å². The fourth-order valence-corrected chi connectivity index (χ4v) is 4.46. The van der Waals surface area contributed by atoms with Gasteiger partial charge in [-0.3, -0.25) is 9.59 Å². The molecule has 2 atom stereocenters. The number of aromatic nitrogens is 1. The molecule has 4 aromatic rings. The van der Waals surface area contributed by atoms with Gasteiger partial charge in [-0.2, -0.15) is 0 Å². The fourth-order valence-electron chi connectivity index (χ4n) is 3.83. The van der Waals surface area contributed by atoms with Gasteiger partial charge in [0.05, 0.1) is 10.9 Å². The van der Waals surface area contributed by atoms with E-state index in [1.54, 1.807) is 6.07 Å². The van der Waals surface area contributed by atoms with Crippen molar-refractivity contribution in [3.05, 3.63) is 93.8 Å². The van der Waals surface area contributed by atoms with Crippen LogP contribution in [0.5, 0.6) is 0 Å². The van der Waals surface area contributed by atoms with Gasteiger partial charge in [-0.05, 0) is 48.1 Å². The summed E-state index contributed by atoms with van der Waals surface area (Å²) in [5.41, 5.74) is 4.18. The molecule has 158 valence electrons. The number of thiophene rings is 1. The molecule has 0 unspecified atom stereocenters. The number of H-pyrrole nitrogens is 1. The van der Waals surface area contributed by atoms with Gasteiger partial charge in [0, 0.05) is 23.5 Å². The van der Waals surface area contributed by atoms with Gasteiger partial charge >= 0.3 is 0 Å². The van der Waals surface area contributed by atoms with E-state index in [2.05, 4.69) is 15.6 Å². The highest BCUT2D eigenvalue weighted by atomic mass is 32.1. The summed E-state index contributed by atoms with van der Waals surface area (Å²) in [6.45, 7) is 3.99. The Bertz CT molecular complexity index is 1200. The standard InChI is InChI=1S/C25H25N3O2S/c1-16-8-3-4-9-19(16)17(2)27-24(29)22(28-25(30)23-12-7-13-31-23)14-18-15-26-21-11-6-5-10-20(18)21/h3-13,15,17,22,26H,14H2,1-2H3,(H,27,29)(H,28,30)/t17-,22+/m1/s1. The van der Waals surface area contributed by atoms with Gasteiger partial charge in [-0.1, -0.05) is 48.5 Å². The van der Waals surface area contributed by atoms with Crippen LogP contribution in [0.3, 0.4) is 0 Å². The highest BCUT2D eigenvalue weighted by Crippen LogP contribution is 2.21. The molecule has 0 saturated heterocycles. The van der Waals surface area contributed by atoms with Crippen LogP contribution in [-0.4, -0.2) is 22.8 Å². The summed E-state index contributed by atoms with van der Waals surface area (Å²) >= 11 is 1.36. The third-order valence-corrected chi connectivity index (χ3v) is 6.35. The van der Waals surface area contributed by atoms with E-state index in [1.807, 2.05) is 80.0 Å². The van der Waals surface area contributed by atoms with Gasteiger partial charge in [-0.25, -0.2) is 0 Å². The fraction of sp³-hybridized carbons (Fsp3) is 0.200. The Labute approximate surface area is 185 Å². The van der Waals surface area contributed by atoms with Gasteiger partial charge in [0.2, 0.25) is 5.91 Å². The van der Waals surface area contributed by atoms with E-state index in [4.69, 9.17) is 0 Å². The lowest BCUT2D eigenvalue weighted by molar-refractivity contribution is -0.123. The van der Waals surface area contributed by atoms with Crippen LogP contribution in [0.1, 0.15) is 39.3 Å². The van der Waals surface area contributed by atoms with Gasteiger partial charge < -0.3 is 15.6 Å². The van der Waals surface area contributed by atoms with E-state index in [0.29, 0.717) is 11.3 Å². The molecule has 0 saturated carbocycles. The first-order valence-electron chi connectivity index (χ1n) is 10.3. The number of carbonyl (C=O) groups is 2. The molecule has 2 heterocycles. The summed E-state index contributed by atoms with van der Waals surface area (Å²) in [6.07, 6.45) is 2.31. The molecule has 0 bridgehead atoms. The summed E-state index contributed by atoms with van der Waals surface area (Å²) in [5, 5.41) is 8.93. The predicted octanol–water partition coefficient (Wildman–Crippen LogP) is 4.76. The molecule has 0 radical (unpaired) electrons. The summed E-state index contributed by atoms with van der Waals surface area (Å²) in [5.74, 6) is -0.440. The van der Waals surface area contributed by atoms with Crippen molar-refractivity contribution < 1.29 is 9.59 Å². The van der Waals surface area contributed by atoms with E-state index in [1.165, 1.54) is 11.3 Å². The molecule has 0 aliphatic rings. The Morgan fingerprint density at radius 2 is 1.77 bits per heavy atom. The summed E-state index contributed by atoms with van der Waals surface area (Å²) in [4.78, 5) is 29.8. The Balaban J connectivity index is 1.57. The first-order chi connectivity index (χ1) is 15.0. The van der Waals surface area contributed by atoms with Crippen molar-refractivity contribution in [1.29, 1.82) is 0 Å². The van der Waals surface area contributed by atoms with E-state index in [-0.39, 0.29) is 17.9 Å². The van der Waals surface area contributed by atoms with Crippen molar-refractivity contribution >= 4 is 34.1 Å². The normalized spacial score (nSPS) is 13.0. The van der Waals surface area contributed by atoms with E-state index in [0.717, 1.165) is 27.6 Å². The summed E-state index contributed by atoms with van der Waals surface area (Å²) < 4.78 is 0. The number of fused-ring (bicyclic) bond motifs is 1. The first-order valence-corrected chi connectivity index (χ1v) is 11.2. The maximum absolute atomic E-state index is 13.3. The second-order valence-corrected chi connectivity index (χ2v) is 8.60. The number of aryl methyl sites for hydroxylation is 1. The zero-order valence-electron chi connectivity index (χ0n) is 17.5. The minimum Gasteiger partial charge on any atom is -0.361 e. The number of aromatic amines is 1. The number of amides is 2. The van der Waals surface area contributed by atoms with E-state index >= 15 is 0 Å². The molecule has 0 spiro atoms. The van der Waals surface area contributed by atoms with Gasteiger partial charge in [0.25, 0.3) is 5.91 Å². The molecule has 0 aliphatic heterocycles. The van der Waals surface area contributed by atoms with E-state index < -0.39 is 6.04 Å². The molecular formula is C25H25N3O2S. The monoisotopic (exact) mass is 431 g/mol. The number of nitrogens with one attached hydrogen (secondary N) is 3. The summed E-state index contributed by atoms with van der Waals surface area (Å²) in [7, 11) is 0. The second kappa shape index (κ2) is 9.18. The van der Waals surface area contributed by atoms with Crippen molar-refractivity contribution in [3.63, 3.8) is 0 Å². The quantitative estimate of drug-likeness (QED) is 0.395. The maximum Gasteiger partial charge on any atom is 0.262 e. The second-order valence-electron chi connectivity index (χ2n) is 7.65. The minimum atomic E-state index is -0.694. The Hall–Kier alpha value is -3.38. The Kier molecular flexibility index (Phi) is 6.18. The van der Waals surface area contributed by atoms with Crippen LogP contribution >= 0.6 is 11.3 Å². The molecular weight excluding hydrogens is 406 g/mol. The smallest absolute Gasteiger partial charge is 0.262 e. The molecule has 31 heavy (non-hydrogen) atoms. The first kappa shape index (κ1) is 20.9. The SMILES string of the molecule is Cc1ccccc1[C@@H](C)NC(=O)[C@H](Cc1c[nH]c2ccccc12)NC(=O)c1cccs1. The number of rotatable bonds is 7. The van der Waals surface area contributed by atoms with E-state index in [9.17, 15) is 9.59 Å². The van der Waals surface area contributed by atoms with Crippen LogP contribution in [-0.2, 0) is 11.2 Å². The van der Waals surface area contributed by atoms with Crippen molar-refractivity contribution in [3.8, 4) is 0 Å². The molecule has 6 heteroatoms. The van der Waals surface area contributed by atoms with Crippen molar-refractivity contribution in [2.45, 2.75) is 32.4 Å². The van der Waals surface area contributed by atoms with Crippen LogP contribution in [0.15, 0.2) is 72.2 Å². The average Bonchev–Trinajstić information content (AvgIpc) is 3.44. The van der Waals surface area contributed by atoms with Crippen LogP contribution in [0.4, 0.5) is 0 Å². The van der Waals surface area contributed by atoms with Crippen molar-refractivity contribution in [2.75, 3.05) is 0 Å². The number of hydrogen-bond donors (Lipinski definition) is 3. The number of benzene rings is 2. The molecule has 2 aromatic carbocycles. The summed E-state index contributed by atoms with van der Waals surface area (Å²) in [6, 6.07) is 18.7. The zero-order chi connectivity index (χ0) is 21.8. The number of hydrogen-bond acceptors (Lipinski definition) is 3. The molecule has 2 aromatic heterocycles. The highest BCUT2D eigenvalue weighted by Gasteiger charge is 2.25. The molecule has 0 fully saturated rings. The average molecular weight is 432 g/mol. The van der Waals surface area contributed by atoms with Gasteiger partial charge in [0.1, 0.15) is 6.04 Å².